The number of nitrogens with one attached hydrogen (secondary N) is 1. The van der Waals surface area contributed by atoms with Gasteiger partial charge in [-0.2, -0.15) is 0 Å². The zero-order valence-corrected chi connectivity index (χ0v) is 14.1. The summed E-state index contributed by atoms with van der Waals surface area (Å²) < 4.78 is 2.16. The van der Waals surface area contributed by atoms with Gasteiger partial charge in [0.2, 0.25) is 0 Å². The smallest absolute Gasteiger partial charge is 0.178 e. The van der Waals surface area contributed by atoms with Crippen molar-refractivity contribution < 1.29 is 4.79 Å². The topological polar surface area (TPSA) is 34.0 Å². The number of nitrogens with zero attached hydrogens (tertiary/aromatic N) is 1. The summed E-state index contributed by atoms with van der Waals surface area (Å²) in [5.74, 6) is 0.200. The lowest BCUT2D eigenvalue weighted by Crippen LogP contribution is -2.35. The fraction of sp³-hybridized carbons (Fsp3) is 0.450. The van der Waals surface area contributed by atoms with E-state index in [1.807, 2.05) is 31.2 Å². The van der Waals surface area contributed by atoms with Gasteiger partial charge in [-0.05, 0) is 44.9 Å². The number of benzene rings is 1. The maximum Gasteiger partial charge on any atom is 0.178 e. The number of Topliss-reactive ketones (excluding diaryl/α,β-unsaturated/α-hetero) is 1. The first-order valence-electron chi connectivity index (χ1n) is 8.68. The Kier molecular flexibility index (Phi) is 4.97. The number of aromatic nitrogens is 1. The maximum atomic E-state index is 12.6. The van der Waals surface area contributed by atoms with Crippen molar-refractivity contribution in [3.63, 3.8) is 0 Å². The SMILES string of the molecule is Cc1cc(C(=O)CNC2CCCCC2)c(C)n1-c1ccccc1. The third-order valence-corrected chi connectivity index (χ3v) is 4.90. The average Bonchev–Trinajstić information content (AvgIpc) is 2.89. The highest BCUT2D eigenvalue weighted by Gasteiger charge is 2.18. The number of hydrogen-bond acceptors (Lipinski definition) is 2. The lowest BCUT2D eigenvalue weighted by molar-refractivity contribution is 0.0984. The zero-order valence-electron chi connectivity index (χ0n) is 14.1. The van der Waals surface area contributed by atoms with Crippen LogP contribution in [0.3, 0.4) is 0 Å². The zero-order chi connectivity index (χ0) is 16.2. The Labute approximate surface area is 138 Å². The standard InChI is InChI=1S/C20H26N2O/c1-15-13-19(16(2)22(15)18-11-7-4-8-12-18)20(23)14-21-17-9-5-3-6-10-17/h4,7-8,11-13,17,21H,3,5-6,9-10,14H2,1-2H3. The van der Waals surface area contributed by atoms with Crippen LogP contribution in [-0.2, 0) is 0 Å². The van der Waals surface area contributed by atoms with E-state index in [4.69, 9.17) is 0 Å². The van der Waals surface area contributed by atoms with Crippen LogP contribution in [0.4, 0.5) is 0 Å². The fourth-order valence-electron chi connectivity index (χ4n) is 3.66. The number of aryl methyl sites for hydroxylation is 1. The Morgan fingerprint density at radius 2 is 1.83 bits per heavy atom. The Morgan fingerprint density at radius 3 is 2.52 bits per heavy atom. The Balaban J connectivity index is 1.74. The van der Waals surface area contributed by atoms with Gasteiger partial charge in [0.15, 0.2) is 5.78 Å². The molecule has 23 heavy (non-hydrogen) atoms. The van der Waals surface area contributed by atoms with Gasteiger partial charge in [-0.3, -0.25) is 4.79 Å². The van der Waals surface area contributed by atoms with Gasteiger partial charge in [-0.1, -0.05) is 37.5 Å². The monoisotopic (exact) mass is 310 g/mol. The van der Waals surface area contributed by atoms with Crippen LogP contribution in [0.15, 0.2) is 36.4 Å². The van der Waals surface area contributed by atoms with Crippen molar-refractivity contribution in [2.45, 2.75) is 52.0 Å². The van der Waals surface area contributed by atoms with Crippen molar-refractivity contribution in [2.24, 2.45) is 0 Å². The van der Waals surface area contributed by atoms with E-state index in [0.29, 0.717) is 12.6 Å². The molecule has 0 saturated heterocycles. The lowest BCUT2D eigenvalue weighted by atomic mass is 9.95. The third-order valence-electron chi connectivity index (χ3n) is 4.90. The summed E-state index contributed by atoms with van der Waals surface area (Å²) in [6.07, 6.45) is 6.32. The second-order valence-corrected chi connectivity index (χ2v) is 6.59. The molecule has 1 fully saturated rings. The van der Waals surface area contributed by atoms with Crippen molar-refractivity contribution in [1.82, 2.24) is 9.88 Å². The first kappa shape index (κ1) is 16.0. The summed E-state index contributed by atoms with van der Waals surface area (Å²) in [7, 11) is 0. The normalized spacial score (nSPS) is 15.7. The Bertz CT molecular complexity index is 666. The Hall–Kier alpha value is -1.87. The molecule has 122 valence electrons. The summed E-state index contributed by atoms with van der Waals surface area (Å²) in [5.41, 5.74) is 4.09. The van der Waals surface area contributed by atoms with E-state index in [0.717, 1.165) is 22.6 Å². The molecular weight excluding hydrogens is 284 g/mol. The molecule has 1 heterocycles. The van der Waals surface area contributed by atoms with Crippen LogP contribution in [0.25, 0.3) is 5.69 Å². The van der Waals surface area contributed by atoms with Crippen LogP contribution >= 0.6 is 0 Å². The van der Waals surface area contributed by atoms with Gasteiger partial charge >= 0.3 is 0 Å². The summed E-state index contributed by atoms with van der Waals surface area (Å²) in [6.45, 7) is 4.54. The Morgan fingerprint density at radius 1 is 1.13 bits per heavy atom. The van der Waals surface area contributed by atoms with Gasteiger partial charge in [0.25, 0.3) is 0 Å². The van der Waals surface area contributed by atoms with E-state index in [2.05, 4.69) is 28.9 Å². The fourth-order valence-corrected chi connectivity index (χ4v) is 3.66. The number of rotatable bonds is 5. The number of ketones is 1. The van der Waals surface area contributed by atoms with Gasteiger partial charge in [0.05, 0.1) is 6.54 Å². The molecule has 1 aliphatic carbocycles. The van der Waals surface area contributed by atoms with E-state index in [1.165, 1.54) is 32.1 Å². The van der Waals surface area contributed by atoms with Crippen LogP contribution in [0.2, 0.25) is 0 Å². The number of para-hydroxylation sites is 1. The summed E-state index contributed by atoms with van der Waals surface area (Å²) in [5, 5.41) is 3.46. The molecule has 0 radical (unpaired) electrons. The second-order valence-electron chi connectivity index (χ2n) is 6.59. The molecule has 3 nitrogen and oxygen atoms in total. The first-order chi connectivity index (χ1) is 11.2. The molecule has 3 heteroatoms. The highest BCUT2D eigenvalue weighted by molar-refractivity contribution is 5.99. The van der Waals surface area contributed by atoms with Gasteiger partial charge in [0, 0.05) is 28.7 Å². The molecule has 1 aromatic carbocycles. The van der Waals surface area contributed by atoms with Crippen LogP contribution in [0, 0.1) is 13.8 Å². The minimum Gasteiger partial charge on any atom is -0.318 e. The van der Waals surface area contributed by atoms with Gasteiger partial charge in [-0.25, -0.2) is 0 Å². The molecular formula is C20H26N2O. The molecule has 0 atom stereocenters. The molecule has 0 amide bonds. The number of carbonyl (C=O) groups is 1. The van der Waals surface area contributed by atoms with Crippen LogP contribution in [-0.4, -0.2) is 22.9 Å². The van der Waals surface area contributed by atoms with E-state index >= 15 is 0 Å². The highest BCUT2D eigenvalue weighted by Crippen LogP contribution is 2.21. The van der Waals surface area contributed by atoms with Crippen molar-refractivity contribution >= 4 is 5.78 Å². The largest absolute Gasteiger partial charge is 0.318 e. The van der Waals surface area contributed by atoms with Crippen molar-refractivity contribution in [3.05, 3.63) is 53.3 Å². The first-order valence-corrected chi connectivity index (χ1v) is 8.68. The van der Waals surface area contributed by atoms with Crippen molar-refractivity contribution in [3.8, 4) is 5.69 Å². The van der Waals surface area contributed by atoms with Gasteiger partial charge in [0.1, 0.15) is 0 Å². The molecule has 1 aliphatic rings. The molecule has 0 spiro atoms. The molecule has 1 N–H and O–H groups in total. The summed E-state index contributed by atoms with van der Waals surface area (Å²) >= 11 is 0. The maximum absolute atomic E-state index is 12.6. The highest BCUT2D eigenvalue weighted by atomic mass is 16.1. The quantitative estimate of drug-likeness (QED) is 0.840. The number of hydrogen-bond donors (Lipinski definition) is 1. The molecule has 0 bridgehead atoms. The van der Waals surface area contributed by atoms with Crippen LogP contribution in [0.1, 0.15) is 53.8 Å². The second kappa shape index (κ2) is 7.14. The van der Waals surface area contributed by atoms with E-state index in [1.54, 1.807) is 0 Å². The number of carbonyl (C=O) groups excluding carboxylic acids is 1. The minimum absolute atomic E-state index is 0.200. The predicted molar refractivity (Wildman–Crippen MR) is 94.4 cm³/mol. The van der Waals surface area contributed by atoms with E-state index < -0.39 is 0 Å². The molecule has 3 rings (SSSR count). The third kappa shape index (κ3) is 3.56. The molecule has 1 aromatic heterocycles. The van der Waals surface area contributed by atoms with Crippen LogP contribution in [0.5, 0.6) is 0 Å². The van der Waals surface area contributed by atoms with Crippen LogP contribution < -0.4 is 5.32 Å². The predicted octanol–water partition coefficient (Wildman–Crippen LogP) is 4.20. The van der Waals surface area contributed by atoms with Crippen molar-refractivity contribution in [1.29, 1.82) is 0 Å². The van der Waals surface area contributed by atoms with E-state index in [-0.39, 0.29) is 5.78 Å². The van der Waals surface area contributed by atoms with E-state index in [9.17, 15) is 4.79 Å². The molecule has 0 unspecified atom stereocenters. The average molecular weight is 310 g/mol. The van der Waals surface area contributed by atoms with Gasteiger partial charge in [-0.15, -0.1) is 0 Å². The summed E-state index contributed by atoms with van der Waals surface area (Å²) in [6, 6.07) is 12.8. The lowest BCUT2D eigenvalue weighted by Gasteiger charge is -2.22. The van der Waals surface area contributed by atoms with Gasteiger partial charge < -0.3 is 9.88 Å². The molecule has 2 aromatic rings. The molecule has 0 aliphatic heterocycles. The summed E-state index contributed by atoms with van der Waals surface area (Å²) in [4.78, 5) is 12.6. The minimum atomic E-state index is 0.200. The van der Waals surface area contributed by atoms with Crippen molar-refractivity contribution in [2.75, 3.05) is 6.54 Å². The molecule has 1 saturated carbocycles.